The maximum absolute atomic E-state index is 6.21. The molecule has 0 amide bonds. The molecule has 124 valence electrons. The summed E-state index contributed by atoms with van der Waals surface area (Å²) in [4.78, 5) is 8.46. The van der Waals surface area contributed by atoms with Gasteiger partial charge in [0.2, 0.25) is 5.28 Å². The molecule has 0 bridgehead atoms. The van der Waals surface area contributed by atoms with Gasteiger partial charge in [-0.15, -0.1) is 0 Å². The number of rotatable bonds is 4. The van der Waals surface area contributed by atoms with Crippen LogP contribution in [0.3, 0.4) is 0 Å². The summed E-state index contributed by atoms with van der Waals surface area (Å²) in [6, 6.07) is 8.70. The lowest BCUT2D eigenvalue weighted by Gasteiger charge is -2.14. The van der Waals surface area contributed by atoms with Crippen molar-refractivity contribution in [1.29, 1.82) is 0 Å². The second-order valence-electron chi connectivity index (χ2n) is 4.79. The summed E-state index contributed by atoms with van der Waals surface area (Å²) in [5, 5.41) is 4.82. The van der Waals surface area contributed by atoms with E-state index < -0.39 is 0 Å². The first kappa shape index (κ1) is 16.9. The van der Waals surface area contributed by atoms with Gasteiger partial charge in [0.25, 0.3) is 0 Å². The topological polar surface area (TPSA) is 56.3 Å². The highest BCUT2D eigenvalue weighted by Gasteiger charge is 2.15. The Morgan fingerprint density at radius 2 is 1.54 bits per heavy atom. The number of aromatic nitrogens is 2. The average molecular weight is 385 g/mol. The quantitative estimate of drug-likeness (QED) is 0.614. The summed E-state index contributed by atoms with van der Waals surface area (Å²) < 4.78 is 10.6. The average Bonchev–Trinajstić information content (AvgIpc) is 2.56. The molecular formula is C16H12Cl3N3O2. The van der Waals surface area contributed by atoms with Crippen molar-refractivity contribution in [3.8, 4) is 11.5 Å². The van der Waals surface area contributed by atoms with Crippen molar-refractivity contribution in [3.63, 3.8) is 0 Å². The van der Waals surface area contributed by atoms with Crippen LogP contribution in [0.1, 0.15) is 0 Å². The van der Waals surface area contributed by atoms with Crippen molar-refractivity contribution < 1.29 is 9.47 Å². The van der Waals surface area contributed by atoms with Crippen molar-refractivity contribution in [3.05, 3.63) is 45.7 Å². The SMILES string of the molecule is COc1cc2nc(Cl)nc(Nc3c(Cl)cccc3Cl)c2cc1OC. The Kier molecular flexibility index (Phi) is 4.85. The third kappa shape index (κ3) is 3.15. The van der Waals surface area contributed by atoms with Crippen LogP contribution >= 0.6 is 34.8 Å². The second kappa shape index (κ2) is 6.89. The van der Waals surface area contributed by atoms with Gasteiger partial charge in [-0.05, 0) is 29.8 Å². The zero-order valence-electron chi connectivity index (χ0n) is 12.7. The molecule has 0 saturated carbocycles. The van der Waals surface area contributed by atoms with Crippen LogP contribution in [0.25, 0.3) is 10.9 Å². The Morgan fingerprint density at radius 1 is 0.917 bits per heavy atom. The van der Waals surface area contributed by atoms with E-state index in [2.05, 4.69) is 15.3 Å². The second-order valence-corrected chi connectivity index (χ2v) is 5.94. The summed E-state index contributed by atoms with van der Waals surface area (Å²) in [7, 11) is 3.10. The summed E-state index contributed by atoms with van der Waals surface area (Å²) >= 11 is 18.5. The van der Waals surface area contributed by atoms with Crippen LogP contribution in [0.2, 0.25) is 15.3 Å². The zero-order chi connectivity index (χ0) is 17.3. The number of ether oxygens (including phenoxy) is 2. The van der Waals surface area contributed by atoms with Crippen LogP contribution < -0.4 is 14.8 Å². The fraction of sp³-hybridized carbons (Fsp3) is 0.125. The van der Waals surface area contributed by atoms with E-state index in [4.69, 9.17) is 44.3 Å². The van der Waals surface area contributed by atoms with Gasteiger partial charge in [0.05, 0.1) is 35.5 Å². The third-order valence-corrected chi connectivity index (χ3v) is 4.18. The molecule has 0 radical (unpaired) electrons. The van der Waals surface area contributed by atoms with Crippen molar-refractivity contribution in [2.45, 2.75) is 0 Å². The maximum atomic E-state index is 6.21. The highest BCUT2D eigenvalue weighted by Crippen LogP contribution is 2.38. The van der Waals surface area contributed by atoms with E-state index in [0.717, 1.165) is 0 Å². The van der Waals surface area contributed by atoms with Gasteiger partial charge < -0.3 is 14.8 Å². The van der Waals surface area contributed by atoms with Crippen LogP contribution in [-0.2, 0) is 0 Å². The van der Waals surface area contributed by atoms with Crippen LogP contribution in [0, 0.1) is 0 Å². The van der Waals surface area contributed by atoms with Gasteiger partial charge in [-0.25, -0.2) is 4.98 Å². The van der Waals surface area contributed by atoms with Gasteiger partial charge in [-0.1, -0.05) is 29.3 Å². The molecular weight excluding hydrogens is 373 g/mol. The number of para-hydroxylation sites is 1. The molecule has 3 rings (SSSR count). The molecule has 0 unspecified atom stereocenters. The largest absolute Gasteiger partial charge is 0.493 e. The molecule has 0 spiro atoms. The normalized spacial score (nSPS) is 10.7. The number of halogens is 3. The Labute approximate surface area is 153 Å². The maximum Gasteiger partial charge on any atom is 0.224 e. The lowest BCUT2D eigenvalue weighted by molar-refractivity contribution is 0.356. The molecule has 8 heteroatoms. The Bertz CT molecular complexity index is 898. The number of nitrogens with zero attached hydrogens (tertiary/aromatic N) is 2. The molecule has 3 aromatic rings. The lowest BCUT2D eigenvalue weighted by atomic mass is 10.2. The molecule has 2 aromatic carbocycles. The molecule has 1 heterocycles. The van der Waals surface area contributed by atoms with Gasteiger partial charge >= 0.3 is 0 Å². The molecule has 0 atom stereocenters. The number of anilines is 2. The monoisotopic (exact) mass is 383 g/mol. The van der Waals surface area contributed by atoms with E-state index in [1.54, 1.807) is 44.6 Å². The number of hydrogen-bond acceptors (Lipinski definition) is 5. The Morgan fingerprint density at radius 3 is 2.17 bits per heavy atom. The van der Waals surface area contributed by atoms with Crippen molar-refractivity contribution in [2.75, 3.05) is 19.5 Å². The molecule has 24 heavy (non-hydrogen) atoms. The van der Waals surface area contributed by atoms with Crippen molar-refractivity contribution in [2.24, 2.45) is 0 Å². The lowest BCUT2D eigenvalue weighted by Crippen LogP contribution is -2.00. The highest BCUT2D eigenvalue weighted by molar-refractivity contribution is 6.39. The molecule has 0 aliphatic carbocycles. The number of fused-ring (bicyclic) bond motifs is 1. The van der Waals surface area contributed by atoms with Crippen molar-refractivity contribution in [1.82, 2.24) is 9.97 Å². The van der Waals surface area contributed by atoms with Crippen LogP contribution in [0.15, 0.2) is 30.3 Å². The third-order valence-electron chi connectivity index (χ3n) is 3.38. The highest BCUT2D eigenvalue weighted by atomic mass is 35.5. The summed E-state index contributed by atoms with van der Waals surface area (Å²) in [6.07, 6.45) is 0. The van der Waals surface area contributed by atoms with E-state index in [1.165, 1.54) is 0 Å². The minimum Gasteiger partial charge on any atom is -0.493 e. The van der Waals surface area contributed by atoms with Crippen LogP contribution in [0.4, 0.5) is 11.5 Å². The molecule has 5 nitrogen and oxygen atoms in total. The number of benzene rings is 2. The molecule has 1 N–H and O–H groups in total. The zero-order valence-corrected chi connectivity index (χ0v) is 15.0. The fourth-order valence-electron chi connectivity index (χ4n) is 2.26. The fourth-order valence-corrected chi connectivity index (χ4v) is 2.93. The predicted octanol–water partition coefficient (Wildman–Crippen LogP) is 5.35. The number of hydrogen-bond donors (Lipinski definition) is 1. The van der Waals surface area contributed by atoms with E-state index in [1.807, 2.05) is 0 Å². The van der Waals surface area contributed by atoms with Gasteiger partial charge in [-0.3, -0.25) is 0 Å². The van der Waals surface area contributed by atoms with E-state index in [0.29, 0.717) is 44.0 Å². The first-order valence-electron chi connectivity index (χ1n) is 6.83. The molecule has 0 aliphatic rings. The van der Waals surface area contributed by atoms with E-state index in [-0.39, 0.29) is 5.28 Å². The molecule has 0 fully saturated rings. The minimum atomic E-state index is 0.0837. The van der Waals surface area contributed by atoms with Gasteiger partial charge in [0.15, 0.2) is 11.5 Å². The summed E-state index contributed by atoms with van der Waals surface area (Å²) in [5.74, 6) is 1.55. The van der Waals surface area contributed by atoms with E-state index in [9.17, 15) is 0 Å². The standard InChI is InChI=1S/C16H12Cl3N3O2/c1-23-12-6-8-11(7-13(12)24-2)20-16(19)22-15(8)21-14-9(17)4-3-5-10(14)18/h3-7H,1-2H3,(H,20,21,22). The molecule has 0 aliphatic heterocycles. The van der Waals surface area contributed by atoms with Crippen molar-refractivity contribution >= 4 is 57.2 Å². The minimum absolute atomic E-state index is 0.0837. The van der Waals surface area contributed by atoms with Crippen LogP contribution in [0.5, 0.6) is 11.5 Å². The molecule has 1 aromatic heterocycles. The molecule has 0 saturated heterocycles. The first-order chi connectivity index (χ1) is 11.5. The number of nitrogens with one attached hydrogen (secondary N) is 1. The predicted molar refractivity (Wildman–Crippen MR) is 97.4 cm³/mol. The number of methoxy groups -OCH3 is 2. The smallest absolute Gasteiger partial charge is 0.224 e. The van der Waals surface area contributed by atoms with E-state index >= 15 is 0 Å². The Balaban J connectivity index is 2.20. The summed E-state index contributed by atoms with van der Waals surface area (Å²) in [6.45, 7) is 0. The van der Waals surface area contributed by atoms with Gasteiger partial charge in [-0.2, -0.15) is 4.98 Å². The summed E-state index contributed by atoms with van der Waals surface area (Å²) in [5.41, 5.74) is 1.13. The van der Waals surface area contributed by atoms with Gasteiger partial charge in [0, 0.05) is 11.5 Å². The van der Waals surface area contributed by atoms with Crippen LogP contribution in [-0.4, -0.2) is 24.2 Å². The van der Waals surface area contributed by atoms with Gasteiger partial charge in [0.1, 0.15) is 5.82 Å². The first-order valence-corrected chi connectivity index (χ1v) is 7.97. The Hall–Kier alpha value is -1.95.